The number of anilines is 2. The van der Waals surface area contributed by atoms with Gasteiger partial charge in [0.25, 0.3) is 0 Å². The van der Waals surface area contributed by atoms with E-state index >= 15 is 0 Å². The van der Waals surface area contributed by atoms with Gasteiger partial charge in [-0.2, -0.15) is 0 Å². The van der Waals surface area contributed by atoms with E-state index in [1.165, 1.54) is 0 Å². The van der Waals surface area contributed by atoms with Crippen LogP contribution < -0.4 is 10.6 Å². The first-order valence-corrected chi connectivity index (χ1v) is 8.97. The van der Waals surface area contributed by atoms with Gasteiger partial charge in [-0.25, -0.2) is 4.79 Å². The summed E-state index contributed by atoms with van der Waals surface area (Å²) in [6.45, 7) is 6.53. The third kappa shape index (κ3) is 3.87. The molecule has 1 aliphatic rings. The van der Waals surface area contributed by atoms with Crippen molar-refractivity contribution < 1.29 is 9.59 Å². The maximum absolute atomic E-state index is 12.8. The van der Waals surface area contributed by atoms with E-state index in [2.05, 4.69) is 10.6 Å². The number of hydrogen-bond donors (Lipinski definition) is 2. The Hall–Kier alpha value is -2.82. The van der Waals surface area contributed by atoms with E-state index in [1.54, 1.807) is 4.90 Å². The number of benzene rings is 2. The molecule has 0 bridgehead atoms. The fourth-order valence-corrected chi connectivity index (χ4v) is 3.33. The van der Waals surface area contributed by atoms with Gasteiger partial charge in [0.2, 0.25) is 5.91 Å². The average molecular weight is 351 g/mol. The monoisotopic (exact) mass is 351 g/mol. The molecule has 1 saturated heterocycles. The molecule has 5 nitrogen and oxygen atoms in total. The van der Waals surface area contributed by atoms with Gasteiger partial charge in [-0.15, -0.1) is 0 Å². The SMILES string of the molecule is Cc1ccc(NC(=O)N2CCC[C@@H]2C(=O)Nc2c(C)cccc2C)cc1. The Morgan fingerprint density at radius 3 is 2.27 bits per heavy atom. The fourth-order valence-electron chi connectivity index (χ4n) is 3.33. The predicted octanol–water partition coefficient (Wildman–Crippen LogP) is 4.25. The lowest BCUT2D eigenvalue weighted by Crippen LogP contribution is -2.45. The molecular weight excluding hydrogens is 326 g/mol. The van der Waals surface area contributed by atoms with Crippen molar-refractivity contribution in [2.75, 3.05) is 17.2 Å². The third-order valence-corrected chi connectivity index (χ3v) is 4.85. The molecule has 5 heteroatoms. The standard InChI is InChI=1S/C21H25N3O2/c1-14-9-11-17(12-10-14)22-21(26)24-13-5-8-18(24)20(25)23-19-15(2)6-4-7-16(19)3/h4,6-7,9-12,18H,5,8,13H2,1-3H3,(H,22,26)(H,23,25)/t18-/m1/s1. The maximum atomic E-state index is 12.8. The van der Waals surface area contributed by atoms with E-state index in [0.717, 1.165) is 34.5 Å². The number of amides is 3. The smallest absolute Gasteiger partial charge is 0.322 e. The highest BCUT2D eigenvalue weighted by molar-refractivity contribution is 6.00. The minimum absolute atomic E-state index is 0.126. The van der Waals surface area contributed by atoms with Gasteiger partial charge in [-0.3, -0.25) is 4.79 Å². The highest BCUT2D eigenvalue weighted by Gasteiger charge is 2.34. The first-order valence-electron chi connectivity index (χ1n) is 8.97. The molecule has 0 unspecified atom stereocenters. The second kappa shape index (κ2) is 7.60. The summed E-state index contributed by atoms with van der Waals surface area (Å²) < 4.78 is 0. The van der Waals surface area contributed by atoms with Crippen molar-refractivity contribution in [3.05, 3.63) is 59.2 Å². The quantitative estimate of drug-likeness (QED) is 0.868. The van der Waals surface area contributed by atoms with Crippen LogP contribution in [0.4, 0.5) is 16.2 Å². The molecule has 0 saturated carbocycles. The van der Waals surface area contributed by atoms with E-state index in [9.17, 15) is 9.59 Å². The molecule has 136 valence electrons. The van der Waals surface area contributed by atoms with Crippen LogP contribution in [-0.2, 0) is 4.79 Å². The molecule has 0 spiro atoms. The van der Waals surface area contributed by atoms with Crippen LogP contribution in [0.2, 0.25) is 0 Å². The second-order valence-electron chi connectivity index (χ2n) is 6.90. The molecule has 2 aromatic carbocycles. The normalized spacial score (nSPS) is 16.4. The van der Waals surface area contributed by atoms with Crippen molar-refractivity contribution >= 4 is 23.3 Å². The molecule has 3 amide bonds. The lowest BCUT2D eigenvalue weighted by atomic mass is 10.1. The molecule has 0 aliphatic carbocycles. The molecule has 2 N–H and O–H groups in total. The number of carbonyl (C=O) groups is 2. The molecule has 0 aromatic heterocycles. The number of hydrogen-bond acceptors (Lipinski definition) is 2. The zero-order valence-electron chi connectivity index (χ0n) is 15.5. The maximum Gasteiger partial charge on any atom is 0.322 e. The van der Waals surface area contributed by atoms with Crippen molar-refractivity contribution in [1.82, 2.24) is 4.90 Å². The summed E-state index contributed by atoms with van der Waals surface area (Å²) in [7, 11) is 0. The lowest BCUT2D eigenvalue weighted by molar-refractivity contribution is -0.119. The van der Waals surface area contributed by atoms with Gasteiger partial charge in [-0.05, 0) is 56.9 Å². The number of nitrogens with zero attached hydrogens (tertiary/aromatic N) is 1. The highest BCUT2D eigenvalue weighted by Crippen LogP contribution is 2.24. The van der Waals surface area contributed by atoms with E-state index in [4.69, 9.17) is 0 Å². The van der Waals surface area contributed by atoms with Gasteiger partial charge in [0, 0.05) is 17.9 Å². The number of para-hydroxylation sites is 1. The van der Waals surface area contributed by atoms with E-state index in [1.807, 2.05) is 63.2 Å². The summed E-state index contributed by atoms with van der Waals surface area (Å²) in [4.78, 5) is 27.1. The Bertz CT molecular complexity index is 794. The summed E-state index contributed by atoms with van der Waals surface area (Å²) in [5.41, 5.74) is 4.75. The third-order valence-electron chi connectivity index (χ3n) is 4.85. The van der Waals surface area contributed by atoms with Crippen LogP contribution in [0.25, 0.3) is 0 Å². The summed E-state index contributed by atoms with van der Waals surface area (Å²) in [6, 6.07) is 12.9. The summed E-state index contributed by atoms with van der Waals surface area (Å²) in [6.07, 6.45) is 1.50. The van der Waals surface area contributed by atoms with Gasteiger partial charge in [0.15, 0.2) is 0 Å². The second-order valence-corrected chi connectivity index (χ2v) is 6.90. The molecule has 1 aliphatic heterocycles. The van der Waals surface area contributed by atoms with Crippen molar-refractivity contribution in [2.24, 2.45) is 0 Å². The number of urea groups is 1. The molecule has 1 atom stereocenters. The molecule has 1 fully saturated rings. The van der Waals surface area contributed by atoms with Crippen LogP contribution in [0.15, 0.2) is 42.5 Å². The average Bonchev–Trinajstić information content (AvgIpc) is 3.10. The van der Waals surface area contributed by atoms with Gasteiger partial charge in [-0.1, -0.05) is 35.9 Å². The van der Waals surface area contributed by atoms with Crippen LogP contribution in [0, 0.1) is 20.8 Å². The van der Waals surface area contributed by atoms with Crippen molar-refractivity contribution in [3.63, 3.8) is 0 Å². The number of likely N-dealkylation sites (tertiary alicyclic amines) is 1. The molecule has 3 rings (SSSR count). The van der Waals surface area contributed by atoms with E-state index < -0.39 is 6.04 Å². The Morgan fingerprint density at radius 1 is 0.962 bits per heavy atom. The molecule has 2 aromatic rings. The Morgan fingerprint density at radius 2 is 1.62 bits per heavy atom. The zero-order chi connectivity index (χ0) is 18.7. The topological polar surface area (TPSA) is 61.4 Å². The zero-order valence-corrected chi connectivity index (χ0v) is 15.5. The molecule has 26 heavy (non-hydrogen) atoms. The van der Waals surface area contributed by atoms with Crippen molar-refractivity contribution in [2.45, 2.75) is 39.7 Å². The first-order chi connectivity index (χ1) is 12.5. The summed E-state index contributed by atoms with van der Waals surface area (Å²) in [5.74, 6) is -0.126. The van der Waals surface area contributed by atoms with Gasteiger partial charge < -0.3 is 15.5 Å². The number of rotatable bonds is 3. The van der Waals surface area contributed by atoms with Crippen molar-refractivity contribution in [1.29, 1.82) is 0 Å². The number of carbonyl (C=O) groups excluding carboxylic acids is 2. The minimum atomic E-state index is -0.445. The van der Waals surface area contributed by atoms with E-state index in [-0.39, 0.29) is 11.9 Å². The van der Waals surface area contributed by atoms with E-state index in [0.29, 0.717) is 13.0 Å². The van der Waals surface area contributed by atoms with Crippen LogP contribution >= 0.6 is 0 Å². The van der Waals surface area contributed by atoms with Crippen LogP contribution in [-0.4, -0.2) is 29.4 Å². The highest BCUT2D eigenvalue weighted by atomic mass is 16.2. The molecule has 0 radical (unpaired) electrons. The summed E-state index contributed by atoms with van der Waals surface area (Å²) >= 11 is 0. The number of nitrogens with one attached hydrogen (secondary N) is 2. The predicted molar refractivity (Wildman–Crippen MR) is 104 cm³/mol. The van der Waals surface area contributed by atoms with Crippen LogP contribution in [0.3, 0.4) is 0 Å². The van der Waals surface area contributed by atoms with Gasteiger partial charge in [0.1, 0.15) is 6.04 Å². The first kappa shape index (κ1) is 18.0. The lowest BCUT2D eigenvalue weighted by Gasteiger charge is -2.25. The van der Waals surface area contributed by atoms with Gasteiger partial charge in [0.05, 0.1) is 0 Å². The fraction of sp³-hybridized carbons (Fsp3) is 0.333. The number of aryl methyl sites for hydroxylation is 3. The molecular formula is C21H25N3O2. The Labute approximate surface area is 154 Å². The van der Waals surface area contributed by atoms with Crippen LogP contribution in [0.1, 0.15) is 29.5 Å². The summed E-state index contributed by atoms with van der Waals surface area (Å²) in [5, 5.41) is 5.91. The van der Waals surface area contributed by atoms with Crippen LogP contribution in [0.5, 0.6) is 0 Å². The Balaban J connectivity index is 1.70. The Kier molecular flexibility index (Phi) is 5.26. The molecule has 1 heterocycles. The minimum Gasteiger partial charge on any atom is -0.324 e. The van der Waals surface area contributed by atoms with Gasteiger partial charge >= 0.3 is 6.03 Å². The van der Waals surface area contributed by atoms with Crippen molar-refractivity contribution in [3.8, 4) is 0 Å². The largest absolute Gasteiger partial charge is 0.324 e.